The standard InChI is InChI=1S/C18H20N4O2S/c1-3-13-6-4-5-7-15(13)20-16(23)12-21(2)11-14-10-17(24)22-8-9-25-18(22)19-14/h4-10H,3,11-12H2,1-2H3,(H,20,23). The lowest BCUT2D eigenvalue weighted by Gasteiger charge is -2.16. The van der Waals surface area contributed by atoms with Crippen LogP contribution in [0.2, 0.25) is 0 Å². The van der Waals surface area contributed by atoms with Gasteiger partial charge in [-0.25, -0.2) is 4.98 Å². The number of likely N-dealkylation sites (N-methyl/N-ethyl adjacent to an activating group) is 1. The highest BCUT2D eigenvalue weighted by Crippen LogP contribution is 2.15. The van der Waals surface area contributed by atoms with Gasteiger partial charge in [-0.3, -0.25) is 18.9 Å². The second-order valence-corrected chi connectivity index (χ2v) is 6.75. The Hall–Kier alpha value is -2.51. The lowest BCUT2D eigenvalue weighted by Crippen LogP contribution is -2.31. The van der Waals surface area contributed by atoms with Crippen LogP contribution in [0, 0.1) is 0 Å². The van der Waals surface area contributed by atoms with Crippen molar-refractivity contribution < 1.29 is 4.79 Å². The van der Waals surface area contributed by atoms with E-state index in [4.69, 9.17) is 0 Å². The maximum absolute atomic E-state index is 12.3. The first-order valence-corrected chi connectivity index (χ1v) is 8.97. The summed E-state index contributed by atoms with van der Waals surface area (Å²) in [5.74, 6) is -0.0858. The Labute approximate surface area is 149 Å². The van der Waals surface area contributed by atoms with Crippen molar-refractivity contribution in [2.24, 2.45) is 0 Å². The molecule has 2 heterocycles. The number of thiazole rings is 1. The third kappa shape index (κ3) is 4.12. The highest BCUT2D eigenvalue weighted by Gasteiger charge is 2.11. The van der Waals surface area contributed by atoms with Crippen molar-refractivity contribution >= 4 is 27.9 Å². The molecule has 0 aliphatic carbocycles. The van der Waals surface area contributed by atoms with Crippen LogP contribution in [0.25, 0.3) is 4.96 Å². The number of hydrogen-bond donors (Lipinski definition) is 1. The molecular formula is C18H20N4O2S. The quantitative estimate of drug-likeness (QED) is 0.736. The average molecular weight is 356 g/mol. The van der Waals surface area contributed by atoms with Crippen LogP contribution < -0.4 is 10.9 Å². The van der Waals surface area contributed by atoms with E-state index < -0.39 is 0 Å². The van der Waals surface area contributed by atoms with Crippen LogP contribution in [0.4, 0.5) is 5.69 Å². The molecule has 6 nitrogen and oxygen atoms in total. The van der Waals surface area contributed by atoms with Crippen LogP contribution in [-0.2, 0) is 17.8 Å². The van der Waals surface area contributed by atoms with E-state index in [0.29, 0.717) is 17.2 Å². The highest BCUT2D eigenvalue weighted by molar-refractivity contribution is 7.15. The van der Waals surface area contributed by atoms with E-state index in [2.05, 4.69) is 17.2 Å². The summed E-state index contributed by atoms with van der Waals surface area (Å²) in [5, 5.41) is 4.78. The number of hydrogen-bond acceptors (Lipinski definition) is 5. The van der Waals surface area contributed by atoms with Crippen molar-refractivity contribution in [3.05, 3.63) is 63.5 Å². The first-order valence-electron chi connectivity index (χ1n) is 8.09. The smallest absolute Gasteiger partial charge is 0.258 e. The van der Waals surface area contributed by atoms with Crippen LogP contribution in [-0.4, -0.2) is 33.8 Å². The zero-order valence-corrected chi connectivity index (χ0v) is 15.0. The number of para-hydroxylation sites is 1. The number of fused-ring (bicyclic) bond motifs is 1. The number of nitrogens with one attached hydrogen (secondary N) is 1. The van der Waals surface area contributed by atoms with Gasteiger partial charge in [-0.05, 0) is 25.1 Å². The normalized spacial score (nSPS) is 11.2. The van der Waals surface area contributed by atoms with Gasteiger partial charge in [0.15, 0.2) is 4.96 Å². The van der Waals surface area contributed by atoms with Gasteiger partial charge in [0.2, 0.25) is 5.91 Å². The van der Waals surface area contributed by atoms with Crippen LogP contribution in [0.3, 0.4) is 0 Å². The molecular weight excluding hydrogens is 336 g/mol. The summed E-state index contributed by atoms with van der Waals surface area (Å²) in [4.78, 5) is 31.3. The van der Waals surface area contributed by atoms with Gasteiger partial charge in [0.05, 0.1) is 12.2 Å². The van der Waals surface area contributed by atoms with E-state index in [-0.39, 0.29) is 18.0 Å². The topological polar surface area (TPSA) is 66.7 Å². The summed E-state index contributed by atoms with van der Waals surface area (Å²) < 4.78 is 1.52. The van der Waals surface area contributed by atoms with Gasteiger partial charge < -0.3 is 5.32 Å². The van der Waals surface area contributed by atoms with Crippen molar-refractivity contribution in [1.29, 1.82) is 0 Å². The molecule has 0 saturated carbocycles. The highest BCUT2D eigenvalue weighted by atomic mass is 32.1. The largest absolute Gasteiger partial charge is 0.325 e. The molecule has 0 spiro atoms. The molecule has 1 aromatic carbocycles. The molecule has 0 aliphatic heterocycles. The number of amides is 1. The van der Waals surface area contributed by atoms with Crippen molar-refractivity contribution in [2.45, 2.75) is 19.9 Å². The van der Waals surface area contributed by atoms with Crippen molar-refractivity contribution in [2.75, 3.05) is 18.9 Å². The van der Waals surface area contributed by atoms with Crippen molar-refractivity contribution in [1.82, 2.24) is 14.3 Å². The maximum Gasteiger partial charge on any atom is 0.258 e. The lowest BCUT2D eigenvalue weighted by atomic mass is 10.1. The van der Waals surface area contributed by atoms with Crippen LogP contribution in [0.15, 0.2) is 46.7 Å². The zero-order chi connectivity index (χ0) is 17.8. The molecule has 1 amide bonds. The Morgan fingerprint density at radius 2 is 2.16 bits per heavy atom. The Kier molecular flexibility index (Phi) is 5.25. The van der Waals surface area contributed by atoms with Gasteiger partial charge in [0.25, 0.3) is 5.56 Å². The Balaban J connectivity index is 1.64. The van der Waals surface area contributed by atoms with E-state index in [1.54, 1.807) is 6.20 Å². The first-order chi connectivity index (χ1) is 12.1. The van der Waals surface area contributed by atoms with Crippen LogP contribution in [0.1, 0.15) is 18.2 Å². The minimum Gasteiger partial charge on any atom is -0.325 e. The predicted octanol–water partition coefficient (Wildman–Crippen LogP) is 2.39. The number of carbonyl (C=O) groups is 1. The molecule has 2 aromatic heterocycles. The fraction of sp³-hybridized carbons (Fsp3) is 0.278. The second kappa shape index (κ2) is 7.58. The van der Waals surface area contributed by atoms with Gasteiger partial charge in [-0.1, -0.05) is 25.1 Å². The molecule has 1 N–H and O–H groups in total. The van der Waals surface area contributed by atoms with E-state index in [1.807, 2.05) is 41.6 Å². The van der Waals surface area contributed by atoms with Gasteiger partial charge >= 0.3 is 0 Å². The Morgan fingerprint density at radius 1 is 1.36 bits per heavy atom. The number of benzene rings is 1. The minimum absolute atomic E-state index is 0.0858. The Bertz CT molecular complexity index is 947. The van der Waals surface area contributed by atoms with E-state index >= 15 is 0 Å². The van der Waals surface area contributed by atoms with E-state index in [1.165, 1.54) is 21.8 Å². The molecule has 0 bridgehead atoms. The molecule has 0 fully saturated rings. The molecule has 3 rings (SSSR count). The minimum atomic E-state index is -0.101. The number of nitrogens with zero attached hydrogens (tertiary/aromatic N) is 3. The monoisotopic (exact) mass is 356 g/mol. The van der Waals surface area contributed by atoms with Crippen molar-refractivity contribution in [3.8, 4) is 0 Å². The molecule has 3 aromatic rings. The molecule has 0 atom stereocenters. The van der Waals surface area contributed by atoms with E-state index in [9.17, 15) is 9.59 Å². The van der Waals surface area contributed by atoms with Gasteiger partial charge in [0, 0.05) is 29.9 Å². The number of rotatable bonds is 6. The van der Waals surface area contributed by atoms with Gasteiger partial charge in [-0.2, -0.15) is 0 Å². The van der Waals surface area contributed by atoms with E-state index in [0.717, 1.165) is 17.7 Å². The number of anilines is 1. The number of aryl methyl sites for hydroxylation is 1. The summed E-state index contributed by atoms with van der Waals surface area (Å²) in [6, 6.07) is 9.30. The molecule has 0 unspecified atom stereocenters. The first kappa shape index (κ1) is 17.3. The summed E-state index contributed by atoms with van der Waals surface area (Å²) >= 11 is 1.42. The third-order valence-electron chi connectivity index (χ3n) is 3.87. The molecule has 0 radical (unpaired) electrons. The summed E-state index contributed by atoms with van der Waals surface area (Å²) in [5.41, 5.74) is 2.52. The van der Waals surface area contributed by atoms with Crippen LogP contribution >= 0.6 is 11.3 Å². The maximum atomic E-state index is 12.3. The molecule has 25 heavy (non-hydrogen) atoms. The molecule has 0 saturated heterocycles. The zero-order valence-electron chi connectivity index (χ0n) is 14.2. The molecule has 7 heteroatoms. The number of aromatic nitrogens is 2. The Morgan fingerprint density at radius 3 is 2.96 bits per heavy atom. The predicted molar refractivity (Wildman–Crippen MR) is 100 cm³/mol. The molecule has 0 aliphatic rings. The summed E-state index contributed by atoms with van der Waals surface area (Å²) in [7, 11) is 1.84. The van der Waals surface area contributed by atoms with Crippen LogP contribution in [0.5, 0.6) is 0 Å². The second-order valence-electron chi connectivity index (χ2n) is 5.87. The SMILES string of the molecule is CCc1ccccc1NC(=O)CN(C)Cc1cc(=O)n2ccsc2n1. The van der Waals surface area contributed by atoms with Gasteiger partial charge in [0.1, 0.15) is 0 Å². The fourth-order valence-electron chi connectivity index (χ4n) is 2.69. The summed E-state index contributed by atoms with van der Waals surface area (Å²) in [6.07, 6.45) is 2.57. The fourth-order valence-corrected chi connectivity index (χ4v) is 3.43. The summed E-state index contributed by atoms with van der Waals surface area (Å²) in [6.45, 7) is 2.72. The third-order valence-corrected chi connectivity index (χ3v) is 4.63. The number of carbonyl (C=O) groups excluding carboxylic acids is 1. The average Bonchev–Trinajstić information content (AvgIpc) is 3.04. The van der Waals surface area contributed by atoms with Gasteiger partial charge in [-0.15, -0.1) is 11.3 Å². The van der Waals surface area contributed by atoms with Crippen molar-refractivity contribution in [3.63, 3.8) is 0 Å². The lowest BCUT2D eigenvalue weighted by molar-refractivity contribution is -0.117. The molecule has 130 valence electrons.